The molecule has 2 aromatic carbocycles. The monoisotopic (exact) mass is 383 g/mol. The SMILES string of the molecule is CCOc1cc2c(cc1OCC)CN(C(=O)COc1ccc(C)c(C)c1)CC2. The van der Waals surface area contributed by atoms with Gasteiger partial charge < -0.3 is 19.1 Å². The lowest BCUT2D eigenvalue weighted by molar-refractivity contribution is -0.134. The van der Waals surface area contributed by atoms with Crippen molar-refractivity contribution < 1.29 is 19.0 Å². The van der Waals surface area contributed by atoms with Crippen LogP contribution in [-0.2, 0) is 17.8 Å². The number of aryl methyl sites for hydroxylation is 2. The summed E-state index contributed by atoms with van der Waals surface area (Å²) in [5.41, 5.74) is 4.69. The zero-order valence-corrected chi connectivity index (χ0v) is 17.2. The van der Waals surface area contributed by atoms with Crippen molar-refractivity contribution in [1.29, 1.82) is 0 Å². The fraction of sp³-hybridized carbons (Fsp3) is 0.435. The molecule has 1 aliphatic rings. The number of carbonyl (C=O) groups is 1. The number of carbonyl (C=O) groups excluding carboxylic acids is 1. The van der Waals surface area contributed by atoms with Gasteiger partial charge in [0, 0.05) is 13.1 Å². The zero-order chi connectivity index (χ0) is 20.1. The molecule has 150 valence electrons. The number of fused-ring (bicyclic) bond motifs is 1. The normalized spacial score (nSPS) is 13.1. The molecule has 5 nitrogen and oxygen atoms in total. The fourth-order valence-corrected chi connectivity index (χ4v) is 3.35. The maximum absolute atomic E-state index is 12.7. The van der Waals surface area contributed by atoms with E-state index in [0.29, 0.717) is 26.3 Å². The molecule has 1 amide bonds. The summed E-state index contributed by atoms with van der Waals surface area (Å²) in [6.07, 6.45) is 0.803. The molecule has 1 aliphatic heterocycles. The van der Waals surface area contributed by atoms with Gasteiger partial charge in [0.2, 0.25) is 0 Å². The minimum absolute atomic E-state index is 0.00396. The van der Waals surface area contributed by atoms with Crippen LogP contribution in [0.5, 0.6) is 17.2 Å². The summed E-state index contributed by atoms with van der Waals surface area (Å²) in [7, 11) is 0. The Morgan fingerprint density at radius 3 is 2.25 bits per heavy atom. The van der Waals surface area contributed by atoms with Crippen molar-refractivity contribution >= 4 is 5.91 Å². The molecule has 0 unspecified atom stereocenters. The molecule has 28 heavy (non-hydrogen) atoms. The summed E-state index contributed by atoms with van der Waals surface area (Å²) in [6.45, 7) is 10.5. The topological polar surface area (TPSA) is 48.0 Å². The highest BCUT2D eigenvalue weighted by Crippen LogP contribution is 2.34. The Labute approximate surface area is 167 Å². The van der Waals surface area contributed by atoms with Crippen molar-refractivity contribution in [2.24, 2.45) is 0 Å². The van der Waals surface area contributed by atoms with Gasteiger partial charge in [-0.3, -0.25) is 4.79 Å². The van der Waals surface area contributed by atoms with Gasteiger partial charge >= 0.3 is 0 Å². The second-order valence-corrected chi connectivity index (χ2v) is 7.03. The van der Waals surface area contributed by atoms with E-state index in [1.807, 2.05) is 49.9 Å². The van der Waals surface area contributed by atoms with Crippen molar-refractivity contribution in [2.45, 2.75) is 40.7 Å². The van der Waals surface area contributed by atoms with Crippen LogP contribution in [0.3, 0.4) is 0 Å². The van der Waals surface area contributed by atoms with E-state index in [2.05, 4.69) is 13.0 Å². The number of nitrogens with zero attached hydrogens (tertiary/aromatic N) is 1. The summed E-state index contributed by atoms with van der Waals surface area (Å²) in [5.74, 6) is 2.24. The Morgan fingerprint density at radius 2 is 1.61 bits per heavy atom. The third-order valence-electron chi connectivity index (χ3n) is 5.07. The Bertz CT molecular complexity index is 847. The average Bonchev–Trinajstić information content (AvgIpc) is 2.69. The third-order valence-corrected chi connectivity index (χ3v) is 5.07. The quantitative estimate of drug-likeness (QED) is 0.723. The minimum Gasteiger partial charge on any atom is -0.490 e. The van der Waals surface area contributed by atoms with E-state index in [4.69, 9.17) is 14.2 Å². The van der Waals surface area contributed by atoms with Gasteiger partial charge in [-0.1, -0.05) is 6.07 Å². The molecule has 0 saturated carbocycles. The second kappa shape index (κ2) is 9.00. The molecular weight excluding hydrogens is 354 g/mol. The van der Waals surface area contributed by atoms with Crippen LogP contribution >= 0.6 is 0 Å². The summed E-state index contributed by atoms with van der Waals surface area (Å²) >= 11 is 0. The molecular formula is C23H29NO4. The molecule has 3 rings (SSSR count). The number of benzene rings is 2. The lowest BCUT2D eigenvalue weighted by Crippen LogP contribution is -2.38. The highest BCUT2D eigenvalue weighted by atomic mass is 16.5. The van der Waals surface area contributed by atoms with Crippen molar-refractivity contribution in [3.63, 3.8) is 0 Å². The van der Waals surface area contributed by atoms with Crippen LogP contribution in [0.25, 0.3) is 0 Å². The van der Waals surface area contributed by atoms with Crippen LogP contribution in [0.4, 0.5) is 0 Å². The van der Waals surface area contributed by atoms with Crippen molar-refractivity contribution in [2.75, 3.05) is 26.4 Å². The number of hydrogen-bond acceptors (Lipinski definition) is 4. The summed E-state index contributed by atoms with van der Waals surface area (Å²) < 4.78 is 17.2. The number of hydrogen-bond donors (Lipinski definition) is 0. The van der Waals surface area contributed by atoms with Gasteiger partial charge in [0.15, 0.2) is 18.1 Å². The maximum Gasteiger partial charge on any atom is 0.260 e. The molecule has 0 aromatic heterocycles. The molecule has 0 aliphatic carbocycles. The van der Waals surface area contributed by atoms with E-state index in [-0.39, 0.29) is 12.5 Å². The van der Waals surface area contributed by atoms with Gasteiger partial charge in [-0.25, -0.2) is 0 Å². The van der Waals surface area contributed by atoms with Gasteiger partial charge in [0.25, 0.3) is 5.91 Å². The molecule has 0 bridgehead atoms. The molecule has 0 fully saturated rings. The highest BCUT2D eigenvalue weighted by Gasteiger charge is 2.23. The Kier molecular flexibility index (Phi) is 6.45. The number of amides is 1. The van der Waals surface area contributed by atoms with E-state index < -0.39 is 0 Å². The summed E-state index contributed by atoms with van der Waals surface area (Å²) in [4.78, 5) is 14.5. The zero-order valence-electron chi connectivity index (χ0n) is 17.2. The predicted octanol–water partition coefficient (Wildman–Crippen LogP) is 4.06. The average molecular weight is 383 g/mol. The van der Waals surface area contributed by atoms with E-state index in [0.717, 1.165) is 34.8 Å². The van der Waals surface area contributed by atoms with Crippen LogP contribution in [0.2, 0.25) is 0 Å². The summed E-state index contributed by atoms with van der Waals surface area (Å²) in [5, 5.41) is 0. The van der Waals surface area contributed by atoms with Crippen LogP contribution in [-0.4, -0.2) is 37.2 Å². The highest BCUT2D eigenvalue weighted by molar-refractivity contribution is 5.78. The molecule has 0 atom stereocenters. The van der Waals surface area contributed by atoms with Crippen molar-refractivity contribution in [3.8, 4) is 17.2 Å². The Morgan fingerprint density at radius 1 is 0.929 bits per heavy atom. The first-order valence-electron chi connectivity index (χ1n) is 9.91. The first-order valence-corrected chi connectivity index (χ1v) is 9.91. The van der Waals surface area contributed by atoms with Crippen molar-refractivity contribution in [1.82, 2.24) is 4.90 Å². The van der Waals surface area contributed by atoms with E-state index in [9.17, 15) is 4.79 Å². The van der Waals surface area contributed by atoms with E-state index >= 15 is 0 Å². The van der Waals surface area contributed by atoms with E-state index in [1.165, 1.54) is 11.1 Å². The molecule has 2 aromatic rings. The second-order valence-electron chi connectivity index (χ2n) is 7.03. The smallest absolute Gasteiger partial charge is 0.260 e. The molecule has 0 saturated heterocycles. The number of ether oxygens (including phenoxy) is 3. The minimum atomic E-state index is -0.00396. The lowest BCUT2D eigenvalue weighted by atomic mass is 9.98. The lowest BCUT2D eigenvalue weighted by Gasteiger charge is -2.29. The standard InChI is InChI=1S/C23H29NO4/c1-5-26-21-12-18-9-10-24(14-19(18)13-22(21)27-6-2)23(25)15-28-20-8-7-16(3)17(4)11-20/h7-8,11-13H,5-6,9-10,14-15H2,1-4H3. The van der Waals surface area contributed by atoms with Crippen LogP contribution < -0.4 is 14.2 Å². The molecule has 0 radical (unpaired) electrons. The Hall–Kier alpha value is -2.69. The number of rotatable bonds is 7. The van der Waals surface area contributed by atoms with Crippen LogP contribution in [0.1, 0.15) is 36.1 Å². The van der Waals surface area contributed by atoms with Gasteiger partial charge in [-0.05, 0) is 80.6 Å². The van der Waals surface area contributed by atoms with Gasteiger partial charge in [0.1, 0.15) is 5.75 Å². The first kappa shape index (κ1) is 20.1. The molecule has 0 spiro atoms. The third kappa shape index (κ3) is 4.58. The largest absolute Gasteiger partial charge is 0.490 e. The molecule has 1 heterocycles. The molecule has 0 N–H and O–H groups in total. The summed E-state index contributed by atoms with van der Waals surface area (Å²) in [6, 6.07) is 9.95. The molecule has 5 heteroatoms. The van der Waals surface area contributed by atoms with E-state index in [1.54, 1.807) is 0 Å². The van der Waals surface area contributed by atoms with Gasteiger partial charge in [0.05, 0.1) is 13.2 Å². The predicted molar refractivity (Wildman–Crippen MR) is 109 cm³/mol. The van der Waals surface area contributed by atoms with Gasteiger partial charge in [-0.2, -0.15) is 0 Å². The van der Waals surface area contributed by atoms with Crippen LogP contribution in [0.15, 0.2) is 30.3 Å². The fourth-order valence-electron chi connectivity index (χ4n) is 3.35. The first-order chi connectivity index (χ1) is 13.5. The van der Waals surface area contributed by atoms with Gasteiger partial charge in [-0.15, -0.1) is 0 Å². The van der Waals surface area contributed by atoms with Crippen LogP contribution in [0, 0.1) is 13.8 Å². The maximum atomic E-state index is 12.7. The van der Waals surface area contributed by atoms with Crippen molar-refractivity contribution in [3.05, 3.63) is 52.6 Å². The Balaban J connectivity index is 1.67.